The molecule has 1 fully saturated rings. The average molecular weight is 341 g/mol. The molecule has 0 bridgehead atoms. The summed E-state index contributed by atoms with van der Waals surface area (Å²) in [5.41, 5.74) is 1.56. The fourth-order valence-electron chi connectivity index (χ4n) is 3.53. The first-order valence-electron chi connectivity index (χ1n) is 8.84. The van der Waals surface area contributed by atoms with Gasteiger partial charge in [0.15, 0.2) is 0 Å². The molecular formula is C21H24FNO2. The number of hydrogen-bond donors (Lipinski definition) is 1. The highest BCUT2D eigenvalue weighted by molar-refractivity contribution is 5.88. The smallest absolute Gasteiger partial charge is 0.230 e. The van der Waals surface area contributed by atoms with E-state index in [4.69, 9.17) is 4.74 Å². The fraction of sp³-hybridized carbons (Fsp3) is 0.381. The molecule has 3 nitrogen and oxygen atoms in total. The molecule has 0 heterocycles. The van der Waals surface area contributed by atoms with Crippen molar-refractivity contribution in [3.8, 4) is 5.75 Å². The molecule has 0 spiro atoms. The minimum Gasteiger partial charge on any atom is -0.492 e. The molecule has 2 aromatic rings. The normalized spacial score (nSPS) is 15.8. The van der Waals surface area contributed by atoms with Crippen molar-refractivity contribution in [1.82, 2.24) is 5.32 Å². The molecule has 132 valence electrons. The van der Waals surface area contributed by atoms with Crippen LogP contribution in [0.4, 0.5) is 4.39 Å². The second kappa shape index (κ2) is 7.68. The lowest BCUT2D eigenvalue weighted by atomic mass is 9.78. The Kier molecular flexibility index (Phi) is 5.37. The summed E-state index contributed by atoms with van der Waals surface area (Å²) >= 11 is 0. The van der Waals surface area contributed by atoms with Crippen LogP contribution >= 0.6 is 0 Å². The number of amides is 1. The summed E-state index contributed by atoms with van der Waals surface area (Å²) in [7, 11) is 0. The van der Waals surface area contributed by atoms with E-state index in [1.165, 1.54) is 17.7 Å². The van der Waals surface area contributed by atoms with E-state index >= 15 is 0 Å². The maximum absolute atomic E-state index is 13.2. The molecule has 1 N–H and O–H groups in total. The summed E-state index contributed by atoms with van der Waals surface area (Å²) in [6, 6.07) is 14.2. The predicted octanol–water partition coefficient (Wildman–Crippen LogP) is 4.14. The first-order valence-corrected chi connectivity index (χ1v) is 8.84. The standard InChI is InChI=1S/C21H24FNO2/c1-16-4-10-19(11-5-16)25-15-14-23-20(24)21(12-2-3-13-21)17-6-8-18(22)9-7-17/h4-11H,2-3,12-15H2,1H3,(H,23,24). The van der Waals surface area contributed by atoms with E-state index in [1.54, 1.807) is 12.1 Å². The maximum atomic E-state index is 13.2. The molecule has 0 unspecified atom stereocenters. The molecule has 0 aliphatic heterocycles. The molecule has 0 radical (unpaired) electrons. The van der Waals surface area contributed by atoms with Gasteiger partial charge in [0.25, 0.3) is 0 Å². The van der Waals surface area contributed by atoms with Gasteiger partial charge in [0, 0.05) is 0 Å². The molecule has 0 aromatic heterocycles. The minimum atomic E-state index is -0.530. The Hall–Kier alpha value is -2.36. The monoisotopic (exact) mass is 341 g/mol. The van der Waals surface area contributed by atoms with Crippen LogP contribution in [0.1, 0.15) is 36.8 Å². The van der Waals surface area contributed by atoms with Crippen molar-refractivity contribution in [1.29, 1.82) is 0 Å². The number of rotatable bonds is 6. The number of carbonyl (C=O) groups excluding carboxylic acids is 1. The van der Waals surface area contributed by atoms with Crippen molar-refractivity contribution in [2.24, 2.45) is 0 Å². The van der Waals surface area contributed by atoms with Crippen LogP contribution in [0.2, 0.25) is 0 Å². The van der Waals surface area contributed by atoms with E-state index in [2.05, 4.69) is 5.32 Å². The van der Waals surface area contributed by atoms with E-state index in [0.717, 1.165) is 37.0 Å². The van der Waals surface area contributed by atoms with E-state index in [1.807, 2.05) is 31.2 Å². The third-order valence-corrected chi connectivity index (χ3v) is 4.97. The van der Waals surface area contributed by atoms with Crippen LogP contribution in [-0.2, 0) is 10.2 Å². The SMILES string of the molecule is Cc1ccc(OCCNC(=O)C2(c3ccc(F)cc3)CCCC2)cc1. The third-order valence-electron chi connectivity index (χ3n) is 4.97. The van der Waals surface area contributed by atoms with Gasteiger partial charge in [0.05, 0.1) is 12.0 Å². The van der Waals surface area contributed by atoms with Gasteiger partial charge in [-0.05, 0) is 49.6 Å². The number of halogens is 1. The molecule has 3 rings (SSSR count). The second-order valence-electron chi connectivity index (χ2n) is 6.71. The summed E-state index contributed by atoms with van der Waals surface area (Å²) in [4.78, 5) is 12.8. The summed E-state index contributed by atoms with van der Waals surface area (Å²) in [5.74, 6) is 0.543. The van der Waals surface area contributed by atoms with Crippen LogP contribution in [0.15, 0.2) is 48.5 Å². The van der Waals surface area contributed by atoms with Gasteiger partial charge in [-0.1, -0.05) is 42.7 Å². The zero-order chi connectivity index (χ0) is 17.7. The van der Waals surface area contributed by atoms with Gasteiger partial charge >= 0.3 is 0 Å². The van der Waals surface area contributed by atoms with Crippen LogP contribution in [0, 0.1) is 12.7 Å². The summed E-state index contributed by atoms with van der Waals surface area (Å²) in [5, 5.41) is 3.00. The number of benzene rings is 2. The van der Waals surface area contributed by atoms with Crippen molar-refractivity contribution in [2.45, 2.75) is 38.0 Å². The minimum absolute atomic E-state index is 0.0177. The Morgan fingerprint density at radius 2 is 1.72 bits per heavy atom. The lowest BCUT2D eigenvalue weighted by Crippen LogP contribution is -2.44. The molecule has 1 aliphatic rings. The Balaban J connectivity index is 1.58. The van der Waals surface area contributed by atoms with Gasteiger partial charge in [-0.2, -0.15) is 0 Å². The summed E-state index contributed by atoms with van der Waals surface area (Å²) in [6.45, 7) is 2.91. The highest BCUT2D eigenvalue weighted by Gasteiger charge is 2.42. The third kappa shape index (κ3) is 4.01. The molecule has 1 amide bonds. The number of aryl methyl sites for hydroxylation is 1. The maximum Gasteiger partial charge on any atom is 0.230 e. The quantitative estimate of drug-likeness (QED) is 0.802. The molecule has 0 saturated heterocycles. The molecule has 1 saturated carbocycles. The lowest BCUT2D eigenvalue weighted by Gasteiger charge is -2.28. The summed E-state index contributed by atoms with van der Waals surface area (Å²) < 4.78 is 18.9. The molecule has 2 aromatic carbocycles. The Morgan fingerprint density at radius 1 is 1.08 bits per heavy atom. The number of nitrogens with one attached hydrogen (secondary N) is 1. The van der Waals surface area contributed by atoms with Gasteiger partial charge < -0.3 is 10.1 Å². The highest BCUT2D eigenvalue weighted by atomic mass is 19.1. The van der Waals surface area contributed by atoms with Gasteiger partial charge in [-0.3, -0.25) is 4.79 Å². The largest absolute Gasteiger partial charge is 0.492 e. The van der Waals surface area contributed by atoms with E-state index in [-0.39, 0.29) is 11.7 Å². The van der Waals surface area contributed by atoms with Gasteiger partial charge in [-0.25, -0.2) is 4.39 Å². The first kappa shape index (κ1) is 17.5. The Bertz CT molecular complexity index is 704. The van der Waals surface area contributed by atoms with Crippen LogP contribution in [0.25, 0.3) is 0 Å². The Morgan fingerprint density at radius 3 is 2.36 bits per heavy atom. The van der Waals surface area contributed by atoms with Crippen molar-refractivity contribution in [3.05, 3.63) is 65.5 Å². The van der Waals surface area contributed by atoms with Crippen LogP contribution in [0.3, 0.4) is 0 Å². The van der Waals surface area contributed by atoms with Crippen molar-refractivity contribution < 1.29 is 13.9 Å². The predicted molar refractivity (Wildman–Crippen MR) is 96.2 cm³/mol. The lowest BCUT2D eigenvalue weighted by molar-refractivity contribution is -0.126. The second-order valence-corrected chi connectivity index (χ2v) is 6.71. The van der Waals surface area contributed by atoms with E-state index in [9.17, 15) is 9.18 Å². The van der Waals surface area contributed by atoms with Crippen LogP contribution < -0.4 is 10.1 Å². The Labute approximate surface area is 148 Å². The molecule has 0 atom stereocenters. The number of hydrogen-bond acceptors (Lipinski definition) is 2. The van der Waals surface area contributed by atoms with E-state index in [0.29, 0.717) is 13.2 Å². The summed E-state index contributed by atoms with van der Waals surface area (Å²) in [6.07, 6.45) is 3.65. The van der Waals surface area contributed by atoms with Gasteiger partial charge in [-0.15, -0.1) is 0 Å². The fourth-order valence-corrected chi connectivity index (χ4v) is 3.53. The molecule has 4 heteroatoms. The molecule has 25 heavy (non-hydrogen) atoms. The van der Waals surface area contributed by atoms with Gasteiger partial charge in [0.2, 0.25) is 5.91 Å². The van der Waals surface area contributed by atoms with Gasteiger partial charge in [0.1, 0.15) is 18.2 Å². The first-order chi connectivity index (χ1) is 12.1. The average Bonchev–Trinajstić information content (AvgIpc) is 3.12. The highest BCUT2D eigenvalue weighted by Crippen LogP contribution is 2.41. The molecule has 1 aliphatic carbocycles. The van der Waals surface area contributed by atoms with Crippen LogP contribution in [-0.4, -0.2) is 19.1 Å². The molecular weight excluding hydrogens is 317 g/mol. The van der Waals surface area contributed by atoms with Crippen molar-refractivity contribution in [2.75, 3.05) is 13.2 Å². The van der Waals surface area contributed by atoms with Crippen molar-refractivity contribution >= 4 is 5.91 Å². The van der Waals surface area contributed by atoms with Crippen molar-refractivity contribution in [3.63, 3.8) is 0 Å². The number of ether oxygens (including phenoxy) is 1. The van der Waals surface area contributed by atoms with Crippen LogP contribution in [0.5, 0.6) is 5.75 Å². The zero-order valence-corrected chi connectivity index (χ0v) is 14.6. The van der Waals surface area contributed by atoms with E-state index < -0.39 is 5.41 Å². The topological polar surface area (TPSA) is 38.3 Å². The zero-order valence-electron chi connectivity index (χ0n) is 14.6. The number of carbonyl (C=O) groups is 1.